The zero-order chi connectivity index (χ0) is 13.0. The molecule has 1 saturated heterocycles. The highest BCUT2D eigenvalue weighted by molar-refractivity contribution is 4.97. The van der Waals surface area contributed by atoms with Crippen molar-refractivity contribution in [2.24, 2.45) is 0 Å². The van der Waals surface area contributed by atoms with Gasteiger partial charge in [-0.1, -0.05) is 0 Å². The number of methoxy groups -OCH3 is 1. The lowest BCUT2D eigenvalue weighted by atomic mass is 9.86. The van der Waals surface area contributed by atoms with Gasteiger partial charge in [-0.25, -0.2) is 4.98 Å². The molecule has 0 bridgehead atoms. The van der Waals surface area contributed by atoms with Crippen LogP contribution in [0, 0.1) is 0 Å². The van der Waals surface area contributed by atoms with E-state index in [0.717, 1.165) is 12.4 Å². The van der Waals surface area contributed by atoms with Crippen molar-refractivity contribution in [3.8, 4) is 0 Å². The molecule has 1 unspecified atom stereocenters. The fourth-order valence-electron chi connectivity index (χ4n) is 2.46. The van der Waals surface area contributed by atoms with Crippen molar-refractivity contribution in [3.63, 3.8) is 0 Å². The number of hydrogen-bond acceptors (Lipinski definition) is 5. The van der Waals surface area contributed by atoms with Gasteiger partial charge in [0, 0.05) is 46.1 Å². The quantitative estimate of drug-likeness (QED) is 0.824. The lowest BCUT2D eigenvalue weighted by molar-refractivity contribution is -0.152. The molecule has 6 nitrogen and oxygen atoms in total. The predicted molar refractivity (Wildman–Crippen MR) is 65.2 cm³/mol. The lowest BCUT2D eigenvalue weighted by Gasteiger charge is -2.39. The molecular formula is C12H21N3O3. The van der Waals surface area contributed by atoms with Gasteiger partial charge in [0.2, 0.25) is 0 Å². The molecule has 1 aromatic heterocycles. The first-order valence-electron chi connectivity index (χ1n) is 6.39. The average molecular weight is 255 g/mol. The van der Waals surface area contributed by atoms with Gasteiger partial charge in [-0.2, -0.15) is 5.10 Å². The first-order valence-corrected chi connectivity index (χ1v) is 6.39. The van der Waals surface area contributed by atoms with Crippen LogP contribution in [0.4, 0.5) is 0 Å². The van der Waals surface area contributed by atoms with Crippen molar-refractivity contribution in [1.82, 2.24) is 14.8 Å². The van der Waals surface area contributed by atoms with Crippen molar-refractivity contribution in [1.29, 1.82) is 0 Å². The Kier molecular flexibility index (Phi) is 4.31. The van der Waals surface area contributed by atoms with Crippen molar-refractivity contribution in [3.05, 3.63) is 12.2 Å². The Bertz CT molecular complexity index is 374. The molecule has 0 radical (unpaired) electrons. The van der Waals surface area contributed by atoms with E-state index in [4.69, 9.17) is 9.47 Å². The topological polar surface area (TPSA) is 69.4 Å². The van der Waals surface area contributed by atoms with Crippen LogP contribution in [0.25, 0.3) is 0 Å². The van der Waals surface area contributed by atoms with Crippen molar-refractivity contribution >= 4 is 0 Å². The minimum absolute atomic E-state index is 0.460. The predicted octanol–water partition coefficient (Wildman–Crippen LogP) is 0.397. The molecule has 0 spiro atoms. The largest absolute Gasteiger partial charge is 0.390 e. The molecule has 0 amide bonds. The molecule has 0 saturated carbocycles. The summed E-state index contributed by atoms with van der Waals surface area (Å²) in [5.74, 6) is 0.799. The molecule has 18 heavy (non-hydrogen) atoms. The summed E-state index contributed by atoms with van der Waals surface area (Å²) >= 11 is 0. The maximum absolute atomic E-state index is 10.5. The first-order chi connectivity index (χ1) is 8.72. The van der Waals surface area contributed by atoms with Gasteiger partial charge < -0.3 is 14.6 Å². The number of hydrogen-bond donors (Lipinski definition) is 1. The molecule has 2 rings (SSSR count). The van der Waals surface area contributed by atoms with Crippen LogP contribution < -0.4 is 0 Å². The maximum Gasteiger partial charge on any atom is 0.138 e. The third kappa shape index (κ3) is 2.55. The number of ether oxygens (including phenoxy) is 2. The van der Waals surface area contributed by atoms with E-state index >= 15 is 0 Å². The summed E-state index contributed by atoms with van der Waals surface area (Å²) in [5.41, 5.74) is -0.511. The van der Waals surface area contributed by atoms with Crippen molar-refractivity contribution < 1.29 is 14.6 Å². The molecule has 1 fully saturated rings. The van der Waals surface area contributed by atoms with E-state index in [2.05, 4.69) is 10.1 Å². The molecule has 0 aromatic carbocycles. The number of rotatable bonds is 5. The summed E-state index contributed by atoms with van der Waals surface area (Å²) in [5, 5.41) is 14.6. The summed E-state index contributed by atoms with van der Waals surface area (Å²) in [6, 6.07) is 0. The third-order valence-corrected chi connectivity index (χ3v) is 3.72. The molecular weight excluding hydrogens is 234 g/mol. The van der Waals surface area contributed by atoms with Crippen molar-refractivity contribution in [2.45, 2.75) is 44.4 Å². The maximum atomic E-state index is 10.5. The minimum Gasteiger partial charge on any atom is -0.390 e. The zero-order valence-corrected chi connectivity index (χ0v) is 11.0. The van der Waals surface area contributed by atoms with Crippen LogP contribution >= 0.6 is 0 Å². The second-order valence-corrected chi connectivity index (χ2v) is 4.59. The Labute approximate surface area is 107 Å². The summed E-state index contributed by atoms with van der Waals surface area (Å²) < 4.78 is 12.7. The van der Waals surface area contributed by atoms with E-state index in [1.807, 2.05) is 6.92 Å². The summed E-state index contributed by atoms with van der Waals surface area (Å²) in [4.78, 5) is 4.19. The molecule has 1 atom stereocenters. The van der Waals surface area contributed by atoms with Gasteiger partial charge in [0.15, 0.2) is 0 Å². The number of aryl methyl sites for hydroxylation is 1. The lowest BCUT2D eigenvalue weighted by Crippen LogP contribution is -2.49. The number of aliphatic hydroxyl groups is 1. The van der Waals surface area contributed by atoms with Crippen LogP contribution in [0.2, 0.25) is 0 Å². The fraction of sp³-hybridized carbons (Fsp3) is 0.833. The zero-order valence-electron chi connectivity index (χ0n) is 11.0. The van der Waals surface area contributed by atoms with E-state index < -0.39 is 11.7 Å². The Morgan fingerprint density at radius 2 is 2.28 bits per heavy atom. The second-order valence-electron chi connectivity index (χ2n) is 4.59. The Balaban J connectivity index is 2.07. The van der Waals surface area contributed by atoms with Gasteiger partial charge in [-0.15, -0.1) is 0 Å². The first kappa shape index (κ1) is 13.5. The molecule has 2 heterocycles. The highest BCUT2D eigenvalue weighted by Crippen LogP contribution is 2.29. The van der Waals surface area contributed by atoms with Crippen LogP contribution in [-0.2, 0) is 22.4 Å². The van der Waals surface area contributed by atoms with Gasteiger partial charge in [0.25, 0.3) is 0 Å². The fourth-order valence-corrected chi connectivity index (χ4v) is 2.46. The molecule has 1 aliphatic rings. The van der Waals surface area contributed by atoms with E-state index in [9.17, 15) is 5.11 Å². The van der Waals surface area contributed by atoms with Gasteiger partial charge in [0.05, 0.1) is 11.7 Å². The van der Waals surface area contributed by atoms with E-state index in [0.29, 0.717) is 32.5 Å². The van der Waals surface area contributed by atoms with E-state index in [1.54, 1.807) is 11.8 Å². The Morgan fingerprint density at radius 1 is 1.56 bits per heavy atom. The van der Waals surface area contributed by atoms with Gasteiger partial charge >= 0.3 is 0 Å². The number of nitrogens with zero attached hydrogens (tertiary/aromatic N) is 3. The van der Waals surface area contributed by atoms with Crippen LogP contribution in [0.1, 0.15) is 25.6 Å². The number of aliphatic hydroxyl groups excluding tert-OH is 1. The molecule has 102 valence electrons. The standard InChI is InChI=1S/C12H21N3O3/c1-3-15-11(13-9-14-15)8-10(16)12(17-2)4-6-18-7-5-12/h9-10,16H,3-8H2,1-2H3. The van der Waals surface area contributed by atoms with Crippen LogP contribution in [0.3, 0.4) is 0 Å². The Hall–Kier alpha value is -0.980. The number of aromatic nitrogens is 3. The third-order valence-electron chi connectivity index (χ3n) is 3.72. The van der Waals surface area contributed by atoms with E-state index in [1.165, 1.54) is 6.33 Å². The second kappa shape index (κ2) is 5.77. The minimum atomic E-state index is -0.583. The summed E-state index contributed by atoms with van der Waals surface area (Å²) in [6.07, 6.45) is 2.83. The average Bonchev–Trinajstić information content (AvgIpc) is 2.86. The van der Waals surface area contributed by atoms with Crippen LogP contribution in [-0.4, -0.2) is 51.9 Å². The normalized spacial score (nSPS) is 20.8. The molecule has 1 aliphatic heterocycles. The monoisotopic (exact) mass is 255 g/mol. The summed E-state index contributed by atoms with van der Waals surface area (Å²) in [6.45, 7) is 4.02. The SMILES string of the molecule is CCn1ncnc1CC(O)C1(OC)CCOCC1. The Morgan fingerprint density at radius 3 is 2.89 bits per heavy atom. The van der Waals surface area contributed by atoms with Crippen LogP contribution in [0.5, 0.6) is 0 Å². The molecule has 1 N–H and O–H groups in total. The van der Waals surface area contributed by atoms with Gasteiger partial charge in [0.1, 0.15) is 12.2 Å². The summed E-state index contributed by atoms with van der Waals surface area (Å²) in [7, 11) is 1.65. The molecule has 6 heteroatoms. The molecule has 0 aliphatic carbocycles. The van der Waals surface area contributed by atoms with E-state index in [-0.39, 0.29) is 0 Å². The van der Waals surface area contributed by atoms with Gasteiger partial charge in [-0.05, 0) is 6.92 Å². The highest BCUT2D eigenvalue weighted by atomic mass is 16.5. The highest BCUT2D eigenvalue weighted by Gasteiger charge is 2.40. The van der Waals surface area contributed by atoms with Crippen LogP contribution in [0.15, 0.2) is 6.33 Å². The molecule has 1 aromatic rings. The van der Waals surface area contributed by atoms with Crippen molar-refractivity contribution in [2.75, 3.05) is 20.3 Å². The smallest absolute Gasteiger partial charge is 0.138 e. The van der Waals surface area contributed by atoms with Gasteiger partial charge in [-0.3, -0.25) is 4.68 Å².